The molecule has 1 heterocycles. The summed E-state index contributed by atoms with van der Waals surface area (Å²) in [5.41, 5.74) is 9.02. The summed E-state index contributed by atoms with van der Waals surface area (Å²) in [6.07, 6.45) is 3.65. The minimum absolute atomic E-state index is 0.125. The summed E-state index contributed by atoms with van der Waals surface area (Å²) in [7, 11) is 0. The van der Waals surface area contributed by atoms with Crippen molar-refractivity contribution in [2.75, 3.05) is 5.32 Å². The summed E-state index contributed by atoms with van der Waals surface area (Å²) in [6.45, 7) is 1.89. The van der Waals surface area contributed by atoms with Gasteiger partial charge in [0.05, 0.1) is 5.69 Å². The first kappa shape index (κ1) is 15.6. The van der Waals surface area contributed by atoms with Gasteiger partial charge in [-0.05, 0) is 50.3 Å². The molecular formula is C16H18ClN5O. The van der Waals surface area contributed by atoms with Crippen LogP contribution in [0.1, 0.15) is 29.7 Å². The summed E-state index contributed by atoms with van der Waals surface area (Å²) >= 11 is 6.08. The number of halogens is 1. The molecule has 1 aliphatic rings. The number of benzene rings is 1. The van der Waals surface area contributed by atoms with Gasteiger partial charge in [-0.3, -0.25) is 9.78 Å². The number of guanidine groups is 1. The molecule has 0 fully saturated rings. The Bertz CT molecular complexity index is 828. The molecule has 0 atom stereocenters. The molecule has 6 nitrogen and oxygen atoms in total. The van der Waals surface area contributed by atoms with E-state index in [2.05, 4.69) is 20.3 Å². The molecule has 1 aliphatic carbocycles. The van der Waals surface area contributed by atoms with Gasteiger partial charge in [0.15, 0.2) is 0 Å². The van der Waals surface area contributed by atoms with Crippen molar-refractivity contribution in [1.29, 1.82) is 0 Å². The van der Waals surface area contributed by atoms with Crippen LogP contribution in [-0.4, -0.2) is 15.9 Å². The third-order valence-electron chi connectivity index (χ3n) is 3.94. The highest BCUT2D eigenvalue weighted by atomic mass is 35.5. The predicted molar refractivity (Wildman–Crippen MR) is 92.6 cm³/mol. The number of aryl methyl sites for hydroxylation is 1. The molecule has 3 rings (SSSR count). The van der Waals surface area contributed by atoms with Gasteiger partial charge in [0, 0.05) is 16.3 Å². The molecule has 7 heteroatoms. The topological polar surface area (TPSA) is 96.2 Å². The summed E-state index contributed by atoms with van der Waals surface area (Å²) in [5.74, 6) is 0.370. The lowest BCUT2D eigenvalue weighted by Crippen LogP contribution is -2.24. The molecule has 120 valence electrons. The van der Waals surface area contributed by atoms with Crippen molar-refractivity contribution >= 4 is 29.2 Å². The number of nitrogens with two attached hydrogens (primary N) is 1. The van der Waals surface area contributed by atoms with Crippen LogP contribution in [0.4, 0.5) is 11.6 Å². The highest BCUT2D eigenvalue weighted by Gasteiger charge is 2.15. The number of anilines is 1. The van der Waals surface area contributed by atoms with Gasteiger partial charge >= 0.3 is 0 Å². The number of H-pyrrole nitrogens is 1. The fourth-order valence-corrected chi connectivity index (χ4v) is 2.84. The smallest absolute Gasteiger partial charge is 0.255 e. The van der Waals surface area contributed by atoms with E-state index in [9.17, 15) is 4.79 Å². The molecule has 0 aliphatic heterocycles. The number of hydrogen-bond acceptors (Lipinski definition) is 3. The Morgan fingerprint density at radius 2 is 2.17 bits per heavy atom. The number of aromatic nitrogens is 2. The normalized spacial score (nSPS) is 14.4. The molecule has 0 bridgehead atoms. The standard InChI is InChI=1S/C16H18ClN5O/c1-9-11(17)6-4-8-12(9)19-15(18)22-16-20-13-7-3-2-5-10(13)14(23)21-16/h4,6,8H,2-3,5,7H2,1H3,(H4,18,19,20,21,22,23). The highest BCUT2D eigenvalue weighted by Crippen LogP contribution is 2.23. The van der Waals surface area contributed by atoms with Crippen molar-refractivity contribution in [2.45, 2.75) is 32.6 Å². The Labute approximate surface area is 138 Å². The number of hydrogen-bond donors (Lipinski definition) is 3. The van der Waals surface area contributed by atoms with E-state index >= 15 is 0 Å². The van der Waals surface area contributed by atoms with Gasteiger partial charge in [0.2, 0.25) is 11.9 Å². The molecular weight excluding hydrogens is 314 g/mol. The van der Waals surface area contributed by atoms with Gasteiger partial charge in [0.1, 0.15) is 0 Å². The second-order valence-electron chi connectivity index (χ2n) is 5.56. The summed E-state index contributed by atoms with van der Waals surface area (Å²) in [5, 5.41) is 3.62. The number of aliphatic imine (C=N–C) groups is 1. The largest absolute Gasteiger partial charge is 0.369 e. The van der Waals surface area contributed by atoms with E-state index in [1.807, 2.05) is 19.1 Å². The minimum Gasteiger partial charge on any atom is -0.369 e. The van der Waals surface area contributed by atoms with Crippen molar-refractivity contribution in [1.82, 2.24) is 9.97 Å². The number of nitrogens with zero attached hydrogens (tertiary/aromatic N) is 2. The molecule has 1 aromatic carbocycles. The highest BCUT2D eigenvalue weighted by molar-refractivity contribution is 6.31. The van der Waals surface area contributed by atoms with Crippen LogP contribution in [0.15, 0.2) is 28.0 Å². The van der Waals surface area contributed by atoms with Crippen LogP contribution < -0.4 is 16.6 Å². The molecule has 0 spiro atoms. The molecule has 0 unspecified atom stereocenters. The summed E-state index contributed by atoms with van der Waals surface area (Å²) in [6, 6.07) is 5.48. The molecule has 0 radical (unpaired) electrons. The van der Waals surface area contributed by atoms with E-state index < -0.39 is 0 Å². The Kier molecular flexibility index (Phi) is 4.34. The average molecular weight is 332 g/mol. The van der Waals surface area contributed by atoms with Crippen molar-refractivity contribution in [2.24, 2.45) is 10.7 Å². The van der Waals surface area contributed by atoms with Crippen LogP contribution >= 0.6 is 11.6 Å². The van der Waals surface area contributed by atoms with Crippen LogP contribution in [0.25, 0.3) is 0 Å². The first-order valence-electron chi connectivity index (χ1n) is 7.53. The predicted octanol–water partition coefficient (Wildman–Crippen LogP) is 2.67. The molecule has 2 aromatic rings. The van der Waals surface area contributed by atoms with Crippen LogP contribution in [0, 0.1) is 6.92 Å². The van der Waals surface area contributed by atoms with Crippen LogP contribution in [0.2, 0.25) is 5.02 Å². The van der Waals surface area contributed by atoms with E-state index in [0.29, 0.717) is 5.02 Å². The Morgan fingerprint density at radius 1 is 1.39 bits per heavy atom. The van der Waals surface area contributed by atoms with Crippen LogP contribution in [0.5, 0.6) is 0 Å². The van der Waals surface area contributed by atoms with Gasteiger partial charge in [-0.15, -0.1) is 0 Å². The molecule has 23 heavy (non-hydrogen) atoms. The monoisotopic (exact) mass is 331 g/mol. The van der Waals surface area contributed by atoms with Gasteiger partial charge < -0.3 is 11.1 Å². The van der Waals surface area contributed by atoms with Gasteiger partial charge in [-0.1, -0.05) is 17.7 Å². The molecule has 0 saturated heterocycles. The third kappa shape index (κ3) is 3.37. The molecule has 0 saturated carbocycles. The number of aromatic amines is 1. The van der Waals surface area contributed by atoms with Crippen LogP contribution in [0.3, 0.4) is 0 Å². The van der Waals surface area contributed by atoms with Crippen molar-refractivity contribution in [3.05, 3.63) is 50.4 Å². The van der Waals surface area contributed by atoms with Gasteiger partial charge in [0.25, 0.3) is 5.56 Å². The van der Waals surface area contributed by atoms with E-state index in [1.165, 1.54) is 0 Å². The number of nitrogens with one attached hydrogen (secondary N) is 2. The molecule has 4 N–H and O–H groups in total. The quantitative estimate of drug-likeness (QED) is 0.582. The van der Waals surface area contributed by atoms with Gasteiger partial charge in [-0.25, -0.2) is 4.98 Å². The second-order valence-corrected chi connectivity index (χ2v) is 5.96. The fraction of sp³-hybridized carbons (Fsp3) is 0.312. The first-order chi connectivity index (χ1) is 11.0. The zero-order valence-electron chi connectivity index (χ0n) is 12.8. The lowest BCUT2D eigenvalue weighted by atomic mass is 9.97. The zero-order chi connectivity index (χ0) is 16.4. The van der Waals surface area contributed by atoms with E-state index in [0.717, 1.165) is 48.2 Å². The van der Waals surface area contributed by atoms with Gasteiger partial charge in [-0.2, -0.15) is 4.99 Å². The fourth-order valence-electron chi connectivity index (χ4n) is 2.67. The molecule has 0 amide bonds. The van der Waals surface area contributed by atoms with Crippen molar-refractivity contribution in [3.8, 4) is 0 Å². The summed E-state index contributed by atoms with van der Waals surface area (Å²) < 4.78 is 0. The maximum Gasteiger partial charge on any atom is 0.255 e. The lowest BCUT2D eigenvalue weighted by Gasteiger charge is -2.13. The van der Waals surface area contributed by atoms with Crippen molar-refractivity contribution < 1.29 is 0 Å². The van der Waals surface area contributed by atoms with Crippen LogP contribution in [-0.2, 0) is 12.8 Å². The Balaban J connectivity index is 1.88. The summed E-state index contributed by atoms with van der Waals surface area (Å²) in [4.78, 5) is 23.3. The minimum atomic E-state index is -0.125. The molecule has 1 aromatic heterocycles. The maximum atomic E-state index is 12.1. The first-order valence-corrected chi connectivity index (χ1v) is 7.91. The maximum absolute atomic E-state index is 12.1. The van der Waals surface area contributed by atoms with E-state index in [4.69, 9.17) is 17.3 Å². The third-order valence-corrected chi connectivity index (χ3v) is 4.35. The Morgan fingerprint density at radius 3 is 3.00 bits per heavy atom. The van der Waals surface area contributed by atoms with E-state index in [-0.39, 0.29) is 17.5 Å². The second kappa shape index (κ2) is 6.42. The number of fused-ring (bicyclic) bond motifs is 1. The zero-order valence-corrected chi connectivity index (χ0v) is 13.6. The SMILES string of the molecule is Cc1c(Cl)cccc1N/C(N)=N/c1nc2c(c(=O)[nH]1)CCCC2. The number of rotatable bonds is 2. The average Bonchev–Trinajstić information content (AvgIpc) is 2.52. The Hall–Kier alpha value is -2.34. The van der Waals surface area contributed by atoms with Crippen molar-refractivity contribution in [3.63, 3.8) is 0 Å². The van der Waals surface area contributed by atoms with E-state index in [1.54, 1.807) is 6.07 Å². The lowest BCUT2D eigenvalue weighted by molar-refractivity contribution is 0.657.